The van der Waals surface area contributed by atoms with Gasteiger partial charge in [-0.3, -0.25) is 0 Å². The molecule has 0 saturated heterocycles. The fraction of sp³-hybridized carbons (Fsp3) is 1.00. The first-order chi connectivity index (χ1) is 8.27. The molecule has 0 aliphatic rings. The van der Waals surface area contributed by atoms with Gasteiger partial charge in [0, 0.05) is 25.7 Å². The van der Waals surface area contributed by atoms with Crippen molar-refractivity contribution < 1.29 is 22.6 Å². The summed E-state index contributed by atoms with van der Waals surface area (Å²) >= 11 is 0. The molecule has 0 aromatic rings. The zero-order chi connectivity index (χ0) is 14.1. The standard InChI is InChI=1S/C11H25NO5S/c1-11(2,10-18(12,13)14)9-17-8-7-16-6-4-5-15-3/h4-10H2,1-3H3,(H2,12,13,14). The summed E-state index contributed by atoms with van der Waals surface area (Å²) in [5, 5.41) is 5.00. The lowest BCUT2D eigenvalue weighted by Gasteiger charge is -2.22. The number of nitrogens with two attached hydrogens (primary N) is 1. The Balaban J connectivity index is 3.53. The molecule has 0 bridgehead atoms. The van der Waals surface area contributed by atoms with Gasteiger partial charge in [-0.25, -0.2) is 13.6 Å². The van der Waals surface area contributed by atoms with Gasteiger partial charge in [-0.1, -0.05) is 13.8 Å². The minimum atomic E-state index is -3.46. The van der Waals surface area contributed by atoms with Crippen LogP contribution in [0.15, 0.2) is 0 Å². The zero-order valence-corrected chi connectivity index (χ0v) is 12.3. The molecule has 0 aromatic heterocycles. The first-order valence-corrected chi connectivity index (χ1v) is 7.63. The molecule has 0 radical (unpaired) electrons. The molecule has 0 aromatic carbocycles. The van der Waals surface area contributed by atoms with E-state index in [9.17, 15) is 8.42 Å². The highest BCUT2D eigenvalue weighted by Gasteiger charge is 2.24. The van der Waals surface area contributed by atoms with E-state index < -0.39 is 15.4 Å². The van der Waals surface area contributed by atoms with Crippen LogP contribution in [0.25, 0.3) is 0 Å². The lowest BCUT2D eigenvalue weighted by molar-refractivity contribution is 0.0159. The van der Waals surface area contributed by atoms with Crippen molar-refractivity contribution in [3.63, 3.8) is 0 Å². The summed E-state index contributed by atoms with van der Waals surface area (Å²) in [6.07, 6.45) is 0.855. The Morgan fingerprint density at radius 2 is 1.67 bits per heavy atom. The first-order valence-electron chi connectivity index (χ1n) is 5.92. The van der Waals surface area contributed by atoms with Crippen molar-refractivity contribution in [3.05, 3.63) is 0 Å². The molecule has 0 heterocycles. The van der Waals surface area contributed by atoms with Crippen LogP contribution in [-0.4, -0.2) is 54.3 Å². The number of ether oxygens (including phenoxy) is 3. The Labute approximate surface area is 110 Å². The van der Waals surface area contributed by atoms with E-state index in [0.717, 1.165) is 6.42 Å². The smallest absolute Gasteiger partial charge is 0.209 e. The molecule has 0 amide bonds. The van der Waals surface area contributed by atoms with E-state index in [1.54, 1.807) is 21.0 Å². The molecular weight excluding hydrogens is 258 g/mol. The maximum absolute atomic E-state index is 11.0. The highest BCUT2D eigenvalue weighted by Crippen LogP contribution is 2.16. The van der Waals surface area contributed by atoms with Gasteiger partial charge in [-0.2, -0.15) is 0 Å². The van der Waals surface area contributed by atoms with Crippen molar-refractivity contribution in [2.45, 2.75) is 20.3 Å². The fourth-order valence-corrected chi connectivity index (χ4v) is 2.63. The topological polar surface area (TPSA) is 87.8 Å². The van der Waals surface area contributed by atoms with Crippen molar-refractivity contribution in [2.24, 2.45) is 10.6 Å². The average Bonchev–Trinajstić information content (AvgIpc) is 2.18. The van der Waals surface area contributed by atoms with Gasteiger partial charge >= 0.3 is 0 Å². The van der Waals surface area contributed by atoms with E-state index in [1.807, 2.05) is 0 Å². The van der Waals surface area contributed by atoms with Crippen LogP contribution in [0.2, 0.25) is 0 Å². The second kappa shape index (κ2) is 8.82. The summed E-state index contributed by atoms with van der Waals surface area (Å²) in [7, 11) is -1.82. The molecular formula is C11H25NO5S. The largest absolute Gasteiger partial charge is 0.385 e. The molecule has 0 spiro atoms. The van der Waals surface area contributed by atoms with Crippen LogP contribution in [0.1, 0.15) is 20.3 Å². The summed E-state index contributed by atoms with van der Waals surface area (Å²) in [5.74, 6) is -0.0886. The molecule has 0 rings (SSSR count). The SMILES string of the molecule is COCCCOCCOCC(C)(C)CS(N)(=O)=O. The van der Waals surface area contributed by atoms with Gasteiger partial charge in [0.15, 0.2) is 0 Å². The number of sulfonamides is 1. The van der Waals surface area contributed by atoms with Gasteiger partial charge in [0.05, 0.1) is 25.6 Å². The fourth-order valence-electron chi connectivity index (χ4n) is 1.46. The van der Waals surface area contributed by atoms with Crippen LogP contribution < -0.4 is 5.14 Å². The van der Waals surface area contributed by atoms with Crippen LogP contribution >= 0.6 is 0 Å². The second-order valence-corrected chi connectivity index (χ2v) is 6.60. The summed E-state index contributed by atoms with van der Waals surface area (Å²) < 4.78 is 37.5. The summed E-state index contributed by atoms with van der Waals surface area (Å²) in [6, 6.07) is 0. The summed E-state index contributed by atoms with van der Waals surface area (Å²) in [5.41, 5.74) is -0.483. The van der Waals surface area contributed by atoms with E-state index in [4.69, 9.17) is 19.3 Å². The van der Waals surface area contributed by atoms with Crippen molar-refractivity contribution in [3.8, 4) is 0 Å². The molecule has 6 nitrogen and oxygen atoms in total. The molecule has 0 aliphatic heterocycles. The van der Waals surface area contributed by atoms with E-state index >= 15 is 0 Å². The van der Waals surface area contributed by atoms with Crippen LogP contribution in [0, 0.1) is 5.41 Å². The lowest BCUT2D eigenvalue weighted by Crippen LogP contribution is -2.33. The molecule has 2 N–H and O–H groups in total. The van der Waals surface area contributed by atoms with Crippen molar-refractivity contribution >= 4 is 10.0 Å². The Morgan fingerprint density at radius 1 is 1.06 bits per heavy atom. The molecule has 0 aliphatic carbocycles. The predicted octanol–water partition coefficient (Wildman–Crippen LogP) is 0.371. The average molecular weight is 283 g/mol. The van der Waals surface area contributed by atoms with Crippen molar-refractivity contribution in [1.29, 1.82) is 0 Å². The van der Waals surface area contributed by atoms with E-state index in [-0.39, 0.29) is 5.75 Å². The monoisotopic (exact) mass is 283 g/mol. The minimum Gasteiger partial charge on any atom is -0.385 e. The lowest BCUT2D eigenvalue weighted by atomic mass is 9.98. The Hall–Kier alpha value is -0.210. The quantitative estimate of drug-likeness (QED) is 0.554. The molecule has 0 atom stereocenters. The zero-order valence-electron chi connectivity index (χ0n) is 11.5. The van der Waals surface area contributed by atoms with Gasteiger partial charge in [0.2, 0.25) is 10.0 Å². The van der Waals surface area contributed by atoms with Crippen LogP contribution in [0.5, 0.6) is 0 Å². The molecule has 0 fully saturated rings. The Bertz CT molecular complexity index is 303. The maximum Gasteiger partial charge on any atom is 0.209 e. The Kier molecular flexibility index (Phi) is 8.71. The maximum atomic E-state index is 11.0. The van der Waals surface area contributed by atoms with Crippen LogP contribution in [0.4, 0.5) is 0 Å². The minimum absolute atomic E-state index is 0.0886. The van der Waals surface area contributed by atoms with Gasteiger partial charge in [0.1, 0.15) is 0 Å². The number of rotatable bonds is 11. The third kappa shape index (κ3) is 12.3. The van der Waals surface area contributed by atoms with Crippen molar-refractivity contribution in [2.75, 3.05) is 45.9 Å². The third-order valence-corrected chi connectivity index (χ3v) is 3.28. The highest BCUT2D eigenvalue weighted by molar-refractivity contribution is 7.89. The van der Waals surface area contributed by atoms with Crippen LogP contribution in [-0.2, 0) is 24.2 Å². The number of hydrogen-bond acceptors (Lipinski definition) is 5. The highest BCUT2D eigenvalue weighted by atomic mass is 32.2. The van der Waals surface area contributed by atoms with Crippen molar-refractivity contribution in [1.82, 2.24) is 0 Å². The van der Waals surface area contributed by atoms with E-state index in [0.29, 0.717) is 33.0 Å². The van der Waals surface area contributed by atoms with Gasteiger partial charge in [0.25, 0.3) is 0 Å². The molecule has 7 heteroatoms. The van der Waals surface area contributed by atoms with Gasteiger partial charge in [-0.15, -0.1) is 0 Å². The number of methoxy groups -OCH3 is 1. The van der Waals surface area contributed by atoms with Gasteiger partial charge in [-0.05, 0) is 6.42 Å². The number of primary sulfonamides is 1. The van der Waals surface area contributed by atoms with E-state index in [1.165, 1.54) is 0 Å². The second-order valence-electron chi connectivity index (χ2n) is 4.98. The van der Waals surface area contributed by atoms with Gasteiger partial charge < -0.3 is 14.2 Å². The normalized spacial score (nSPS) is 12.9. The predicted molar refractivity (Wildman–Crippen MR) is 69.9 cm³/mol. The van der Waals surface area contributed by atoms with Crippen LogP contribution in [0.3, 0.4) is 0 Å². The summed E-state index contributed by atoms with van der Waals surface area (Å²) in [6.45, 7) is 6.20. The Morgan fingerprint density at radius 3 is 2.22 bits per heavy atom. The summed E-state index contributed by atoms with van der Waals surface area (Å²) in [4.78, 5) is 0. The molecule has 0 saturated carbocycles. The molecule has 18 heavy (non-hydrogen) atoms. The number of hydrogen-bond donors (Lipinski definition) is 1. The van der Waals surface area contributed by atoms with E-state index in [2.05, 4.69) is 0 Å². The molecule has 0 unspecified atom stereocenters. The first kappa shape index (κ1) is 17.8. The molecule has 110 valence electrons. The third-order valence-electron chi connectivity index (χ3n) is 2.09.